The van der Waals surface area contributed by atoms with Crippen LogP contribution in [-0.2, 0) is 14.1 Å². The Morgan fingerprint density at radius 1 is 1.11 bits per heavy atom. The minimum absolute atomic E-state index is 0.0524. The second-order valence-corrected chi connectivity index (χ2v) is 14.5. The average molecular weight is 423 g/mol. The summed E-state index contributed by atoms with van der Waals surface area (Å²) in [6.45, 7) is 18.1. The van der Waals surface area contributed by atoms with Crippen molar-refractivity contribution in [2.45, 2.75) is 97.5 Å². The van der Waals surface area contributed by atoms with E-state index in [9.17, 15) is 9.59 Å². The molecule has 2 amide bonds. The number of unbranched alkanes of at least 4 members (excludes halogenated alkanes) is 1. The Morgan fingerprint density at radius 3 is 2.11 bits per heavy atom. The summed E-state index contributed by atoms with van der Waals surface area (Å²) in [4.78, 5) is 24.7. The molecule has 1 atom stereocenters. The number of carbonyl (C=O) groups is 2. The van der Waals surface area contributed by atoms with E-state index in [4.69, 9.17) is 20.9 Å². The Kier molecular flexibility index (Phi) is 10.4. The standard InChI is InChI=1S/C19H39ClN2O4Si/c1-15(14-21-16(23)12-10-11-13-20)22(17(24)25-18(2,3)4)26-27(8,9)19(5,6)7/h15H,10-14H2,1-9H3,(H,21,23)/t15-/m0/s1. The van der Waals surface area contributed by atoms with E-state index in [2.05, 4.69) is 39.2 Å². The van der Waals surface area contributed by atoms with Gasteiger partial charge in [0.1, 0.15) is 5.60 Å². The number of nitrogens with one attached hydrogen (secondary N) is 1. The van der Waals surface area contributed by atoms with Crippen LogP contribution in [0.4, 0.5) is 4.79 Å². The fraction of sp³-hybridized carbons (Fsp3) is 0.895. The van der Waals surface area contributed by atoms with Crippen LogP contribution < -0.4 is 5.32 Å². The van der Waals surface area contributed by atoms with E-state index in [1.807, 2.05) is 27.7 Å². The zero-order valence-corrected chi connectivity index (χ0v) is 20.3. The Balaban J connectivity index is 5.12. The normalized spacial score (nSPS) is 13.9. The van der Waals surface area contributed by atoms with E-state index in [0.717, 1.165) is 12.8 Å². The molecule has 6 nitrogen and oxygen atoms in total. The molecule has 0 rings (SSSR count). The highest BCUT2D eigenvalue weighted by Crippen LogP contribution is 2.37. The third kappa shape index (κ3) is 10.4. The number of halogens is 1. The second-order valence-electron chi connectivity index (χ2n) is 9.46. The summed E-state index contributed by atoms with van der Waals surface area (Å²) in [7, 11) is -2.25. The number of rotatable bonds is 9. The van der Waals surface area contributed by atoms with Gasteiger partial charge in [-0.1, -0.05) is 20.8 Å². The highest BCUT2D eigenvalue weighted by molar-refractivity contribution is 6.74. The number of nitrogens with zero attached hydrogens (tertiary/aromatic N) is 1. The van der Waals surface area contributed by atoms with Crippen molar-refractivity contribution in [1.82, 2.24) is 10.4 Å². The van der Waals surface area contributed by atoms with Gasteiger partial charge < -0.3 is 14.6 Å². The van der Waals surface area contributed by atoms with E-state index < -0.39 is 20.0 Å². The molecule has 0 aliphatic rings. The van der Waals surface area contributed by atoms with Crippen LogP contribution in [0.3, 0.4) is 0 Å². The van der Waals surface area contributed by atoms with Crippen molar-refractivity contribution < 1.29 is 18.9 Å². The van der Waals surface area contributed by atoms with Crippen molar-refractivity contribution in [1.29, 1.82) is 0 Å². The van der Waals surface area contributed by atoms with E-state index in [1.165, 1.54) is 5.06 Å². The molecule has 0 spiro atoms. The summed E-state index contributed by atoms with van der Waals surface area (Å²) < 4.78 is 11.8. The van der Waals surface area contributed by atoms with Crippen LogP contribution in [0.15, 0.2) is 0 Å². The Morgan fingerprint density at radius 2 is 1.67 bits per heavy atom. The molecule has 27 heavy (non-hydrogen) atoms. The highest BCUT2D eigenvalue weighted by atomic mass is 35.5. The highest BCUT2D eigenvalue weighted by Gasteiger charge is 2.42. The molecule has 0 unspecified atom stereocenters. The first-order valence-electron chi connectivity index (χ1n) is 9.64. The fourth-order valence-electron chi connectivity index (χ4n) is 1.81. The zero-order chi connectivity index (χ0) is 21.5. The number of hydrogen-bond acceptors (Lipinski definition) is 4. The Bertz CT molecular complexity index is 487. The molecule has 0 heterocycles. The maximum Gasteiger partial charge on any atom is 0.433 e. The van der Waals surface area contributed by atoms with Crippen molar-refractivity contribution >= 4 is 31.9 Å². The minimum atomic E-state index is -2.25. The van der Waals surface area contributed by atoms with Crippen molar-refractivity contribution in [2.75, 3.05) is 12.4 Å². The largest absolute Gasteiger partial charge is 0.442 e. The van der Waals surface area contributed by atoms with Crippen LogP contribution in [0.2, 0.25) is 18.1 Å². The van der Waals surface area contributed by atoms with Gasteiger partial charge >= 0.3 is 6.09 Å². The van der Waals surface area contributed by atoms with Gasteiger partial charge in [-0.15, -0.1) is 11.6 Å². The molecule has 0 aromatic rings. The number of carbonyl (C=O) groups excluding carboxylic acids is 2. The van der Waals surface area contributed by atoms with Crippen LogP contribution in [-0.4, -0.2) is 49.4 Å². The van der Waals surface area contributed by atoms with Gasteiger partial charge in [-0.2, -0.15) is 5.06 Å². The van der Waals surface area contributed by atoms with E-state index >= 15 is 0 Å². The van der Waals surface area contributed by atoms with E-state index in [0.29, 0.717) is 18.8 Å². The smallest absolute Gasteiger partial charge is 0.433 e. The van der Waals surface area contributed by atoms with Crippen LogP contribution in [0.1, 0.15) is 67.7 Å². The van der Waals surface area contributed by atoms with Gasteiger partial charge in [0, 0.05) is 18.8 Å². The molecule has 0 saturated carbocycles. The molecule has 0 aromatic carbocycles. The molecule has 1 N–H and O–H groups in total. The predicted molar refractivity (Wildman–Crippen MR) is 113 cm³/mol. The zero-order valence-electron chi connectivity index (χ0n) is 18.6. The number of alkyl halides is 1. The molecule has 0 radical (unpaired) electrons. The first kappa shape index (κ1) is 26.2. The van der Waals surface area contributed by atoms with Gasteiger partial charge in [0.05, 0.1) is 6.04 Å². The van der Waals surface area contributed by atoms with E-state index in [-0.39, 0.29) is 17.0 Å². The summed E-state index contributed by atoms with van der Waals surface area (Å²) in [5.74, 6) is 0.500. The van der Waals surface area contributed by atoms with E-state index in [1.54, 1.807) is 0 Å². The quantitative estimate of drug-likeness (QED) is 0.243. The van der Waals surface area contributed by atoms with Crippen LogP contribution in [0, 0.1) is 0 Å². The van der Waals surface area contributed by atoms with Crippen molar-refractivity contribution in [3.05, 3.63) is 0 Å². The SMILES string of the molecule is C[C@@H](CNC(=O)CCCCCl)N(O[Si](C)(C)C(C)(C)C)C(=O)OC(C)(C)C. The number of hydrogen-bond donors (Lipinski definition) is 1. The number of amides is 2. The van der Waals surface area contributed by atoms with Gasteiger partial charge in [0.25, 0.3) is 0 Å². The number of ether oxygens (including phenoxy) is 1. The van der Waals surface area contributed by atoms with Crippen LogP contribution >= 0.6 is 11.6 Å². The predicted octanol–water partition coefficient (Wildman–Crippen LogP) is 5.07. The molecule has 0 bridgehead atoms. The molecule has 0 fully saturated rings. The maximum atomic E-state index is 12.7. The van der Waals surface area contributed by atoms with Crippen LogP contribution in [0.25, 0.3) is 0 Å². The van der Waals surface area contributed by atoms with Gasteiger partial charge in [0.15, 0.2) is 0 Å². The van der Waals surface area contributed by atoms with Gasteiger partial charge in [0.2, 0.25) is 14.2 Å². The lowest BCUT2D eigenvalue weighted by atomic mass is 10.2. The fourth-order valence-corrected chi connectivity index (χ4v) is 3.02. The summed E-state index contributed by atoms with van der Waals surface area (Å²) in [5, 5.41) is 4.10. The molecule has 0 aliphatic carbocycles. The molecule has 160 valence electrons. The van der Waals surface area contributed by atoms with Crippen molar-refractivity contribution in [3.8, 4) is 0 Å². The first-order valence-corrected chi connectivity index (χ1v) is 13.1. The first-order chi connectivity index (χ1) is 12.1. The van der Waals surface area contributed by atoms with Gasteiger partial charge in [-0.05, 0) is 58.7 Å². The third-order valence-corrected chi connectivity index (χ3v) is 9.02. The minimum Gasteiger partial charge on any atom is -0.442 e. The maximum absolute atomic E-state index is 12.7. The van der Waals surface area contributed by atoms with Crippen LogP contribution in [0.5, 0.6) is 0 Å². The summed E-state index contributed by atoms with van der Waals surface area (Å²) in [6.07, 6.45) is 1.45. The van der Waals surface area contributed by atoms with Gasteiger partial charge in [-0.25, -0.2) is 4.79 Å². The average Bonchev–Trinajstić information content (AvgIpc) is 2.47. The topological polar surface area (TPSA) is 67.9 Å². The lowest BCUT2D eigenvalue weighted by Gasteiger charge is -2.41. The Hall–Kier alpha value is -0.793. The third-order valence-electron chi connectivity index (χ3n) is 4.49. The summed E-state index contributed by atoms with van der Waals surface area (Å²) in [6, 6.07) is -0.356. The molecule has 0 aliphatic heterocycles. The summed E-state index contributed by atoms with van der Waals surface area (Å²) in [5.41, 5.74) is -0.628. The van der Waals surface area contributed by atoms with Crippen molar-refractivity contribution in [3.63, 3.8) is 0 Å². The lowest BCUT2D eigenvalue weighted by molar-refractivity contribution is -0.124. The number of hydroxylamine groups is 2. The lowest BCUT2D eigenvalue weighted by Crippen LogP contribution is -2.54. The molecule has 0 aromatic heterocycles. The summed E-state index contributed by atoms with van der Waals surface area (Å²) >= 11 is 5.64. The monoisotopic (exact) mass is 422 g/mol. The molecule has 0 saturated heterocycles. The van der Waals surface area contributed by atoms with Gasteiger partial charge in [-0.3, -0.25) is 4.79 Å². The van der Waals surface area contributed by atoms with Crippen molar-refractivity contribution in [2.24, 2.45) is 0 Å². The Labute approximate surface area is 171 Å². The second kappa shape index (κ2) is 10.7. The molecular formula is C19H39ClN2O4Si. The molecule has 8 heteroatoms. The molecular weight excluding hydrogens is 384 g/mol.